The highest BCUT2D eigenvalue weighted by Gasteiger charge is 2.22. The molecule has 0 aliphatic rings. The van der Waals surface area contributed by atoms with E-state index in [1.165, 1.54) is 0 Å². The third-order valence-corrected chi connectivity index (χ3v) is 3.27. The Morgan fingerprint density at radius 2 is 2.06 bits per heavy atom. The normalized spacial score (nSPS) is 11.8. The number of aromatic amines is 1. The number of H-pyrrole nitrogens is 1. The van der Waals surface area contributed by atoms with Crippen molar-refractivity contribution in [1.82, 2.24) is 19.7 Å². The Hall–Kier alpha value is -1.43. The predicted octanol–water partition coefficient (Wildman–Crippen LogP) is 2.23. The molecule has 6 heteroatoms. The second kappa shape index (κ2) is 4.35. The molecular weight excluding hydrogens is 296 g/mol. The van der Waals surface area contributed by atoms with E-state index in [0.717, 1.165) is 5.69 Å². The molecular formula is C12H15BrN4O. The van der Waals surface area contributed by atoms with Gasteiger partial charge in [-0.2, -0.15) is 5.10 Å². The van der Waals surface area contributed by atoms with Crippen LogP contribution >= 0.6 is 15.9 Å². The predicted molar refractivity (Wildman–Crippen MR) is 73.5 cm³/mol. The summed E-state index contributed by atoms with van der Waals surface area (Å²) < 4.78 is 2.16. The standard InChI is InChI=1S/C12H15BrN4O/c1-12(2,3)9-8(13)11(18)15-10(14-9)7-5-6-17(4)16-7/h5-6H,1-4H3,(H,14,15,18). The molecule has 0 unspecified atom stereocenters. The van der Waals surface area contributed by atoms with E-state index in [0.29, 0.717) is 16.0 Å². The number of hydrogen-bond donors (Lipinski definition) is 1. The molecule has 0 aliphatic carbocycles. The number of hydrogen-bond acceptors (Lipinski definition) is 3. The van der Waals surface area contributed by atoms with E-state index in [1.54, 1.807) is 4.68 Å². The van der Waals surface area contributed by atoms with Crippen molar-refractivity contribution in [3.8, 4) is 11.5 Å². The first-order chi connectivity index (χ1) is 8.29. The van der Waals surface area contributed by atoms with Crippen LogP contribution in [-0.2, 0) is 12.5 Å². The molecule has 2 heterocycles. The minimum absolute atomic E-state index is 0.185. The zero-order valence-corrected chi connectivity index (χ0v) is 12.4. The minimum Gasteiger partial charge on any atom is -0.304 e. The quantitative estimate of drug-likeness (QED) is 0.878. The van der Waals surface area contributed by atoms with Crippen LogP contribution in [-0.4, -0.2) is 19.7 Å². The summed E-state index contributed by atoms with van der Waals surface area (Å²) >= 11 is 3.30. The minimum atomic E-state index is -0.212. The number of nitrogens with one attached hydrogen (secondary N) is 1. The van der Waals surface area contributed by atoms with E-state index < -0.39 is 0 Å². The van der Waals surface area contributed by atoms with Gasteiger partial charge in [0.15, 0.2) is 5.82 Å². The van der Waals surface area contributed by atoms with Crippen molar-refractivity contribution in [3.63, 3.8) is 0 Å². The van der Waals surface area contributed by atoms with Crippen LogP contribution in [0, 0.1) is 0 Å². The summed E-state index contributed by atoms with van der Waals surface area (Å²) in [7, 11) is 1.82. The number of nitrogens with zero attached hydrogens (tertiary/aromatic N) is 3. The van der Waals surface area contributed by atoms with Gasteiger partial charge in [0.1, 0.15) is 10.2 Å². The van der Waals surface area contributed by atoms with E-state index in [9.17, 15) is 4.79 Å². The smallest absolute Gasteiger partial charge is 0.265 e. The van der Waals surface area contributed by atoms with Gasteiger partial charge in [-0.15, -0.1) is 0 Å². The zero-order valence-electron chi connectivity index (χ0n) is 10.8. The Balaban J connectivity index is 2.65. The third-order valence-electron chi connectivity index (χ3n) is 2.53. The average Bonchev–Trinajstić information content (AvgIpc) is 2.67. The molecule has 2 aromatic heterocycles. The van der Waals surface area contributed by atoms with Crippen molar-refractivity contribution >= 4 is 15.9 Å². The summed E-state index contributed by atoms with van der Waals surface area (Å²) in [6, 6.07) is 1.82. The monoisotopic (exact) mass is 310 g/mol. The van der Waals surface area contributed by atoms with E-state index in [1.807, 2.05) is 40.1 Å². The first-order valence-corrected chi connectivity index (χ1v) is 6.38. The highest BCUT2D eigenvalue weighted by Crippen LogP contribution is 2.26. The average molecular weight is 311 g/mol. The van der Waals surface area contributed by atoms with E-state index in [2.05, 4.69) is 31.0 Å². The molecule has 2 rings (SSSR count). The van der Waals surface area contributed by atoms with Crippen molar-refractivity contribution in [1.29, 1.82) is 0 Å². The lowest BCUT2D eigenvalue weighted by atomic mass is 9.92. The van der Waals surface area contributed by atoms with Gasteiger partial charge in [-0.1, -0.05) is 20.8 Å². The van der Waals surface area contributed by atoms with Crippen molar-refractivity contribution in [2.24, 2.45) is 7.05 Å². The molecule has 0 bridgehead atoms. The molecule has 0 radical (unpaired) electrons. The maximum absolute atomic E-state index is 11.9. The van der Waals surface area contributed by atoms with Crippen LogP contribution in [0.2, 0.25) is 0 Å². The van der Waals surface area contributed by atoms with Crippen LogP contribution in [0.15, 0.2) is 21.5 Å². The second-order valence-corrected chi connectivity index (χ2v) is 5.99. The fourth-order valence-corrected chi connectivity index (χ4v) is 2.40. The Morgan fingerprint density at radius 1 is 1.39 bits per heavy atom. The lowest BCUT2D eigenvalue weighted by Crippen LogP contribution is -2.22. The van der Waals surface area contributed by atoms with Crippen molar-refractivity contribution in [3.05, 3.63) is 32.8 Å². The third kappa shape index (κ3) is 2.38. The van der Waals surface area contributed by atoms with Crippen molar-refractivity contribution in [2.75, 3.05) is 0 Å². The first kappa shape index (κ1) is 13.0. The highest BCUT2D eigenvalue weighted by molar-refractivity contribution is 9.10. The van der Waals surface area contributed by atoms with Crippen LogP contribution in [0.25, 0.3) is 11.5 Å². The van der Waals surface area contributed by atoms with Gasteiger partial charge in [0.2, 0.25) is 0 Å². The Labute approximate surface area is 113 Å². The molecule has 0 amide bonds. The molecule has 0 aliphatic heterocycles. The van der Waals surface area contributed by atoms with Gasteiger partial charge in [0, 0.05) is 18.7 Å². The van der Waals surface area contributed by atoms with E-state index >= 15 is 0 Å². The zero-order chi connectivity index (χ0) is 13.5. The fraction of sp³-hybridized carbons (Fsp3) is 0.417. The Bertz CT molecular complexity index is 636. The fourth-order valence-electron chi connectivity index (χ4n) is 1.62. The first-order valence-electron chi connectivity index (χ1n) is 5.59. The molecule has 18 heavy (non-hydrogen) atoms. The van der Waals surface area contributed by atoms with E-state index in [-0.39, 0.29) is 11.0 Å². The van der Waals surface area contributed by atoms with Gasteiger partial charge in [-0.3, -0.25) is 9.48 Å². The summed E-state index contributed by atoms with van der Waals surface area (Å²) in [6.45, 7) is 6.05. The largest absolute Gasteiger partial charge is 0.304 e. The lowest BCUT2D eigenvalue weighted by Gasteiger charge is -2.19. The summed E-state index contributed by atoms with van der Waals surface area (Å²) in [5.74, 6) is 0.494. The maximum Gasteiger partial charge on any atom is 0.265 e. The van der Waals surface area contributed by atoms with Gasteiger partial charge in [0.25, 0.3) is 5.56 Å². The lowest BCUT2D eigenvalue weighted by molar-refractivity contribution is 0.562. The molecule has 0 saturated carbocycles. The van der Waals surface area contributed by atoms with Crippen LogP contribution in [0.4, 0.5) is 0 Å². The number of rotatable bonds is 1. The summed E-state index contributed by atoms with van der Waals surface area (Å²) in [5.41, 5.74) is 0.992. The molecule has 0 atom stereocenters. The Kier molecular flexibility index (Phi) is 3.14. The Morgan fingerprint density at radius 3 is 2.56 bits per heavy atom. The SMILES string of the molecule is Cn1ccc(-c2nc(C(C)(C)C)c(Br)c(=O)[nH]2)n1. The van der Waals surface area contributed by atoms with Crippen LogP contribution in [0.1, 0.15) is 26.5 Å². The summed E-state index contributed by atoms with van der Waals surface area (Å²) in [6.07, 6.45) is 1.81. The maximum atomic E-state index is 11.9. The van der Waals surface area contributed by atoms with E-state index in [4.69, 9.17) is 0 Å². The molecule has 1 N–H and O–H groups in total. The van der Waals surface area contributed by atoms with Crippen molar-refractivity contribution < 1.29 is 0 Å². The van der Waals surface area contributed by atoms with Gasteiger partial charge in [-0.05, 0) is 22.0 Å². The molecule has 0 aromatic carbocycles. The van der Waals surface area contributed by atoms with Crippen LogP contribution in [0.3, 0.4) is 0 Å². The molecule has 5 nitrogen and oxygen atoms in total. The molecule has 2 aromatic rings. The molecule has 0 fully saturated rings. The second-order valence-electron chi connectivity index (χ2n) is 5.20. The van der Waals surface area contributed by atoms with Crippen molar-refractivity contribution in [2.45, 2.75) is 26.2 Å². The van der Waals surface area contributed by atoms with Gasteiger partial charge >= 0.3 is 0 Å². The highest BCUT2D eigenvalue weighted by atomic mass is 79.9. The van der Waals surface area contributed by atoms with Gasteiger partial charge < -0.3 is 4.98 Å². The molecule has 96 valence electrons. The van der Waals surface area contributed by atoms with Gasteiger partial charge in [0.05, 0.1) is 5.69 Å². The summed E-state index contributed by atoms with van der Waals surface area (Å²) in [5, 5.41) is 4.24. The number of halogens is 1. The van der Waals surface area contributed by atoms with Gasteiger partial charge in [-0.25, -0.2) is 4.98 Å². The number of aryl methyl sites for hydroxylation is 1. The molecule has 0 saturated heterocycles. The number of aromatic nitrogens is 4. The van der Waals surface area contributed by atoms with Crippen LogP contribution < -0.4 is 5.56 Å². The topological polar surface area (TPSA) is 63.6 Å². The summed E-state index contributed by atoms with van der Waals surface area (Å²) in [4.78, 5) is 19.1. The molecule has 0 spiro atoms. The van der Waals surface area contributed by atoms with Crippen LogP contribution in [0.5, 0.6) is 0 Å².